The van der Waals surface area contributed by atoms with Gasteiger partial charge in [0.1, 0.15) is 5.82 Å². The zero-order valence-corrected chi connectivity index (χ0v) is 9.41. The maximum Gasteiger partial charge on any atom is 0.254 e. The maximum absolute atomic E-state index is 13.5. The van der Waals surface area contributed by atoms with E-state index in [0.29, 0.717) is 12.3 Å². The number of carbonyl (C=O) groups is 1. The molecule has 0 radical (unpaired) electrons. The normalized spacial score (nSPS) is 19.9. The fourth-order valence-electron chi connectivity index (χ4n) is 1.83. The van der Waals surface area contributed by atoms with Crippen molar-refractivity contribution in [3.05, 3.63) is 29.6 Å². The van der Waals surface area contributed by atoms with Crippen LogP contribution in [0, 0.1) is 5.82 Å². The van der Waals surface area contributed by atoms with Gasteiger partial charge < -0.3 is 15.8 Å². The molecule has 1 saturated heterocycles. The van der Waals surface area contributed by atoms with Gasteiger partial charge in [-0.3, -0.25) is 4.79 Å². The Bertz CT molecular complexity index is 417. The second-order valence-electron chi connectivity index (χ2n) is 4.13. The molecule has 1 fully saturated rings. The van der Waals surface area contributed by atoms with E-state index in [4.69, 9.17) is 10.5 Å². The van der Waals surface area contributed by atoms with Crippen molar-refractivity contribution in [3.63, 3.8) is 0 Å². The second kappa shape index (κ2) is 5.14. The number of nitrogens with one attached hydrogen (secondary N) is 1. The minimum absolute atomic E-state index is 0.0183. The van der Waals surface area contributed by atoms with Crippen molar-refractivity contribution >= 4 is 11.6 Å². The number of carbonyl (C=O) groups excluding carboxylic acids is 1. The quantitative estimate of drug-likeness (QED) is 0.764. The van der Waals surface area contributed by atoms with Crippen LogP contribution in [0.4, 0.5) is 10.1 Å². The fourth-order valence-corrected chi connectivity index (χ4v) is 1.83. The minimum Gasteiger partial charge on any atom is -0.399 e. The van der Waals surface area contributed by atoms with Crippen LogP contribution in [0.5, 0.6) is 0 Å². The van der Waals surface area contributed by atoms with Gasteiger partial charge in [-0.05, 0) is 31.0 Å². The van der Waals surface area contributed by atoms with E-state index in [2.05, 4.69) is 5.32 Å². The van der Waals surface area contributed by atoms with Gasteiger partial charge in [0.05, 0.1) is 18.2 Å². The molecule has 1 aromatic carbocycles. The molecule has 1 aromatic rings. The van der Waals surface area contributed by atoms with Gasteiger partial charge in [0.25, 0.3) is 5.91 Å². The van der Waals surface area contributed by atoms with Gasteiger partial charge >= 0.3 is 0 Å². The average molecular weight is 238 g/mol. The second-order valence-corrected chi connectivity index (χ2v) is 4.13. The molecule has 0 spiro atoms. The maximum atomic E-state index is 13.5. The molecule has 2 rings (SSSR count). The first-order valence-electron chi connectivity index (χ1n) is 5.60. The Morgan fingerprint density at radius 2 is 2.35 bits per heavy atom. The summed E-state index contributed by atoms with van der Waals surface area (Å²) in [5, 5.41) is 2.75. The van der Waals surface area contributed by atoms with Crippen molar-refractivity contribution in [1.29, 1.82) is 0 Å². The van der Waals surface area contributed by atoms with Crippen LogP contribution >= 0.6 is 0 Å². The lowest BCUT2D eigenvalue weighted by atomic mass is 10.1. The van der Waals surface area contributed by atoms with Crippen LogP contribution in [0.25, 0.3) is 0 Å². The topological polar surface area (TPSA) is 64.4 Å². The van der Waals surface area contributed by atoms with Crippen molar-refractivity contribution in [3.8, 4) is 0 Å². The van der Waals surface area contributed by atoms with Gasteiger partial charge in [-0.1, -0.05) is 0 Å². The van der Waals surface area contributed by atoms with Crippen LogP contribution in [0.2, 0.25) is 0 Å². The highest BCUT2D eigenvalue weighted by Crippen LogP contribution is 2.13. The Balaban J connectivity index is 2.03. The van der Waals surface area contributed by atoms with Gasteiger partial charge in [0.15, 0.2) is 0 Å². The van der Waals surface area contributed by atoms with Crippen LogP contribution < -0.4 is 11.1 Å². The number of nitrogens with two attached hydrogens (primary N) is 1. The minimum atomic E-state index is -0.598. The smallest absolute Gasteiger partial charge is 0.254 e. The molecule has 1 aliphatic rings. The first kappa shape index (κ1) is 11.9. The van der Waals surface area contributed by atoms with Gasteiger partial charge in [-0.25, -0.2) is 4.39 Å². The Labute approximate surface area is 98.9 Å². The van der Waals surface area contributed by atoms with Crippen LogP contribution in [0.1, 0.15) is 23.2 Å². The zero-order valence-electron chi connectivity index (χ0n) is 9.41. The Hall–Kier alpha value is -1.62. The van der Waals surface area contributed by atoms with Gasteiger partial charge in [0.2, 0.25) is 0 Å². The van der Waals surface area contributed by atoms with E-state index in [1.807, 2.05) is 0 Å². The van der Waals surface area contributed by atoms with E-state index >= 15 is 0 Å². The molecular weight excluding hydrogens is 223 g/mol. The molecule has 1 amide bonds. The number of anilines is 1. The van der Waals surface area contributed by atoms with E-state index in [9.17, 15) is 9.18 Å². The molecular formula is C12H15FN2O2. The highest BCUT2D eigenvalue weighted by Gasteiger charge is 2.19. The number of rotatable bonds is 2. The third kappa shape index (κ3) is 2.94. The highest BCUT2D eigenvalue weighted by atomic mass is 19.1. The lowest BCUT2D eigenvalue weighted by molar-refractivity contribution is 0.0622. The number of amides is 1. The van der Waals surface area contributed by atoms with Crippen LogP contribution in [0.15, 0.2) is 18.2 Å². The summed E-state index contributed by atoms with van der Waals surface area (Å²) in [6.45, 7) is 1.21. The molecule has 17 heavy (non-hydrogen) atoms. The van der Waals surface area contributed by atoms with E-state index in [1.54, 1.807) is 0 Å². The molecule has 0 bridgehead atoms. The number of hydrogen-bond acceptors (Lipinski definition) is 3. The summed E-state index contributed by atoms with van der Waals surface area (Å²) in [6, 6.07) is 4.01. The van der Waals surface area contributed by atoms with E-state index in [-0.39, 0.29) is 11.6 Å². The van der Waals surface area contributed by atoms with Crippen molar-refractivity contribution < 1.29 is 13.9 Å². The van der Waals surface area contributed by atoms with Crippen molar-refractivity contribution in [2.45, 2.75) is 18.9 Å². The first-order chi connectivity index (χ1) is 8.16. The highest BCUT2D eigenvalue weighted by molar-refractivity contribution is 5.95. The predicted molar refractivity (Wildman–Crippen MR) is 62.1 cm³/mol. The molecule has 0 aromatic heterocycles. The van der Waals surface area contributed by atoms with E-state index in [1.165, 1.54) is 12.1 Å². The van der Waals surface area contributed by atoms with Crippen LogP contribution in [-0.2, 0) is 4.74 Å². The third-order valence-electron chi connectivity index (χ3n) is 2.73. The molecule has 5 heteroatoms. The standard InChI is InChI=1S/C12H15FN2O2/c13-11-6-8(14)3-4-10(11)12(16)15-9-2-1-5-17-7-9/h3-4,6,9H,1-2,5,7,14H2,(H,15,16). The number of halogens is 1. The molecule has 4 nitrogen and oxygen atoms in total. The largest absolute Gasteiger partial charge is 0.399 e. The number of benzene rings is 1. The molecule has 1 aliphatic heterocycles. The van der Waals surface area contributed by atoms with Crippen LogP contribution in [-0.4, -0.2) is 25.2 Å². The summed E-state index contributed by atoms with van der Waals surface area (Å²) in [5.41, 5.74) is 5.74. The number of nitrogen functional groups attached to an aromatic ring is 1. The SMILES string of the molecule is Nc1ccc(C(=O)NC2CCCOC2)c(F)c1. The van der Waals surface area contributed by atoms with E-state index in [0.717, 1.165) is 25.5 Å². The number of hydrogen-bond donors (Lipinski definition) is 2. The summed E-state index contributed by atoms with van der Waals surface area (Å²) in [5.74, 6) is -1.02. The zero-order chi connectivity index (χ0) is 12.3. The summed E-state index contributed by atoms with van der Waals surface area (Å²) in [7, 11) is 0. The summed E-state index contributed by atoms with van der Waals surface area (Å²) in [6.07, 6.45) is 1.78. The summed E-state index contributed by atoms with van der Waals surface area (Å²) >= 11 is 0. The van der Waals surface area contributed by atoms with Crippen molar-refractivity contribution in [2.24, 2.45) is 0 Å². The average Bonchev–Trinajstić information content (AvgIpc) is 2.30. The van der Waals surface area contributed by atoms with Gasteiger partial charge in [0, 0.05) is 12.3 Å². The van der Waals surface area contributed by atoms with Crippen molar-refractivity contribution in [1.82, 2.24) is 5.32 Å². The number of ether oxygens (including phenoxy) is 1. The van der Waals surface area contributed by atoms with E-state index < -0.39 is 11.7 Å². The molecule has 1 unspecified atom stereocenters. The fraction of sp³-hybridized carbons (Fsp3) is 0.417. The molecule has 0 aliphatic carbocycles. The van der Waals surface area contributed by atoms with Gasteiger partial charge in [-0.15, -0.1) is 0 Å². The lowest BCUT2D eigenvalue weighted by Crippen LogP contribution is -2.40. The third-order valence-corrected chi connectivity index (χ3v) is 2.73. The first-order valence-corrected chi connectivity index (χ1v) is 5.60. The monoisotopic (exact) mass is 238 g/mol. The van der Waals surface area contributed by atoms with Crippen molar-refractivity contribution in [2.75, 3.05) is 18.9 Å². The Kier molecular flexibility index (Phi) is 3.58. The van der Waals surface area contributed by atoms with Gasteiger partial charge in [-0.2, -0.15) is 0 Å². The Morgan fingerprint density at radius 1 is 1.53 bits per heavy atom. The predicted octanol–water partition coefficient (Wildman–Crippen LogP) is 1.32. The Morgan fingerprint density at radius 3 is 3.00 bits per heavy atom. The van der Waals surface area contributed by atoms with Crippen LogP contribution in [0.3, 0.4) is 0 Å². The molecule has 0 saturated carbocycles. The summed E-state index contributed by atoms with van der Waals surface area (Å²) < 4.78 is 18.7. The lowest BCUT2D eigenvalue weighted by Gasteiger charge is -2.23. The summed E-state index contributed by atoms with van der Waals surface area (Å²) in [4.78, 5) is 11.8. The molecule has 1 atom stereocenters. The molecule has 1 heterocycles. The molecule has 92 valence electrons. The molecule has 3 N–H and O–H groups in total.